The van der Waals surface area contributed by atoms with E-state index in [0.29, 0.717) is 26.5 Å². The number of carbonyl (C=O) groups excluding carboxylic acids is 1. The largest absolute Gasteiger partial charge is 0.289 e. The molecule has 0 radical (unpaired) electrons. The Labute approximate surface area is 136 Å². The van der Waals surface area contributed by atoms with Crippen LogP contribution in [0.3, 0.4) is 0 Å². The molecule has 0 heterocycles. The van der Waals surface area contributed by atoms with Crippen LogP contribution < -0.4 is 0 Å². The monoisotopic (exact) mass is 368 g/mol. The molecule has 2 aromatic rings. The van der Waals surface area contributed by atoms with Crippen molar-refractivity contribution in [2.75, 3.05) is 5.33 Å². The Bertz CT molecular complexity index is 648. The molecule has 0 bridgehead atoms. The molecule has 0 fully saturated rings. The number of rotatable bonds is 4. The molecule has 0 saturated carbocycles. The summed E-state index contributed by atoms with van der Waals surface area (Å²) in [6.07, 6.45) is 1.80. The fraction of sp³-hybridized carbons (Fsp3) is 0.0625. The molecule has 1 nitrogen and oxygen atoms in total. The highest BCUT2D eigenvalue weighted by molar-refractivity contribution is 9.09. The van der Waals surface area contributed by atoms with Crippen molar-refractivity contribution in [3.63, 3.8) is 0 Å². The normalized spacial score (nSPS) is 11.4. The van der Waals surface area contributed by atoms with Gasteiger partial charge in [-0.25, -0.2) is 0 Å². The number of hydrogen-bond donors (Lipinski definition) is 0. The third kappa shape index (κ3) is 3.72. The van der Waals surface area contributed by atoms with Gasteiger partial charge < -0.3 is 0 Å². The Balaban J connectivity index is 2.35. The van der Waals surface area contributed by atoms with Crippen LogP contribution in [0.4, 0.5) is 0 Å². The van der Waals surface area contributed by atoms with Crippen LogP contribution in [-0.4, -0.2) is 11.1 Å². The summed E-state index contributed by atoms with van der Waals surface area (Å²) >= 11 is 15.3. The molecule has 0 aromatic heterocycles. The number of carbonyl (C=O) groups is 1. The van der Waals surface area contributed by atoms with Crippen LogP contribution in [0.1, 0.15) is 15.9 Å². The van der Waals surface area contributed by atoms with Gasteiger partial charge >= 0.3 is 0 Å². The Morgan fingerprint density at radius 2 is 1.70 bits per heavy atom. The summed E-state index contributed by atoms with van der Waals surface area (Å²) in [7, 11) is 0. The number of halogens is 3. The first kappa shape index (κ1) is 15.3. The maximum absolute atomic E-state index is 12.4. The molecule has 0 N–H and O–H groups in total. The molecule has 4 heteroatoms. The van der Waals surface area contributed by atoms with Gasteiger partial charge in [-0.2, -0.15) is 0 Å². The summed E-state index contributed by atoms with van der Waals surface area (Å²) in [4.78, 5) is 12.4. The highest BCUT2D eigenvalue weighted by Gasteiger charge is 2.11. The quantitative estimate of drug-likeness (QED) is 0.386. The van der Waals surface area contributed by atoms with Gasteiger partial charge in [0.2, 0.25) is 0 Å². The zero-order valence-electron chi connectivity index (χ0n) is 10.4. The third-order valence-electron chi connectivity index (χ3n) is 2.78. The lowest BCUT2D eigenvalue weighted by molar-refractivity contribution is 0.103. The van der Waals surface area contributed by atoms with Crippen LogP contribution in [0.5, 0.6) is 0 Å². The molecule has 2 rings (SSSR count). The van der Waals surface area contributed by atoms with Gasteiger partial charge in [-0.05, 0) is 42.0 Å². The van der Waals surface area contributed by atoms with E-state index in [1.807, 2.05) is 18.2 Å². The topological polar surface area (TPSA) is 17.1 Å². The molecule has 0 aliphatic rings. The fourth-order valence-corrected chi connectivity index (χ4v) is 2.46. The van der Waals surface area contributed by atoms with Crippen molar-refractivity contribution in [3.8, 4) is 0 Å². The van der Waals surface area contributed by atoms with Crippen molar-refractivity contribution >= 4 is 51.0 Å². The van der Waals surface area contributed by atoms with Crippen molar-refractivity contribution < 1.29 is 4.79 Å². The Kier molecular flexibility index (Phi) is 5.41. The molecule has 0 saturated heterocycles. The lowest BCUT2D eigenvalue weighted by atomic mass is 10.0. The molecule has 0 atom stereocenters. The van der Waals surface area contributed by atoms with Gasteiger partial charge in [0.25, 0.3) is 0 Å². The average Bonchev–Trinajstić information content (AvgIpc) is 2.46. The zero-order valence-corrected chi connectivity index (χ0v) is 13.5. The van der Waals surface area contributed by atoms with Crippen molar-refractivity contribution in [1.29, 1.82) is 0 Å². The molecule has 102 valence electrons. The van der Waals surface area contributed by atoms with Gasteiger partial charge in [0, 0.05) is 26.5 Å². The first-order valence-corrected chi connectivity index (χ1v) is 7.81. The molecule has 0 aliphatic carbocycles. The summed E-state index contributed by atoms with van der Waals surface area (Å²) in [5.74, 6) is -0.0431. The number of allylic oxidation sites excluding steroid dienone is 1. The van der Waals surface area contributed by atoms with Crippen molar-refractivity contribution in [3.05, 3.63) is 75.3 Å². The van der Waals surface area contributed by atoms with E-state index >= 15 is 0 Å². The molecule has 0 amide bonds. The van der Waals surface area contributed by atoms with E-state index in [2.05, 4.69) is 15.9 Å². The average molecular weight is 370 g/mol. The van der Waals surface area contributed by atoms with E-state index < -0.39 is 0 Å². The SMILES string of the molecule is O=C(/C(=C\c1ccccc1Cl)CBr)c1ccc(Cl)cc1. The second-order valence-electron chi connectivity index (χ2n) is 4.16. The number of ketones is 1. The number of hydrogen-bond acceptors (Lipinski definition) is 1. The molecule has 0 spiro atoms. The van der Waals surface area contributed by atoms with Gasteiger partial charge in [0.15, 0.2) is 5.78 Å². The van der Waals surface area contributed by atoms with Crippen LogP contribution in [-0.2, 0) is 0 Å². The standard InChI is InChI=1S/C16H11BrCl2O/c17-10-13(9-12-3-1-2-4-15(12)19)16(20)11-5-7-14(18)8-6-11/h1-9H,10H2/b13-9-. The summed E-state index contributed by atoms with van der Waals surface area (Å²) in [6.45, 7) is 0. The lowest BCUT2D eigenvalue weighted by Crippen LogP contribution is -2.04. The smallest absolute Gasteiger partial charge is 0.189 e. The van der Waals surface area contributed by atoms with Gasteiger partial charge in [-0.1, -0.05) is 57.3 Å². The van der Waals surface area contributed by atoms with E-state index in [4.69, 9.17) is 23.2 Å². The minimum atomic E-state index is -0.0431. The first-order valence-electron chi connectivity index (χ1n) is 5.93. The molecule has 2 aromatic carbocycles. The van der Waals surface area contributed by atoms with Crippen LogP contribution >= 0.6 is 39.1 Å². The lowest BCUT2D eigenvalue weighted by Gasteiger charge is -2.05. The van der Waals surface area contributed by atoms with E-state index in [0.717, 1.165) is 5.56 Å². The summed E-state index contributed by atoms with van der Waals surface area (Å²) in [5.41, 5.74) is 2.07. The maximum Gasteiger partial charge on any atom is 0.189 e. The minimum absolute atomic E-state index is 0.0431. The fourth-order valence-electron chi connectivity index (χ4n) is 1.73. The highest BCUT2D eigenvalue weighted by Crippen LogP contribution is 2.21. The summed E-state index contributed by atoms with van der Waals surface area (Å²) in [5, 5.41) is 1.69. The minimum Gasteiger partial charge on any atom is -0.289 e. The van der Waals surface area contributed by atoms with Gasteiger partial charge in [-0.15, -0.1) is 0 Å². The van der Waals surface area contributed by atoms with Crippen molar-refractivity contribution in [2.24, 2.45) is 0 Å². The predicted octanol–water partition coefficient (Wildman–Crippen LogP) is 5.65. The third-order valence-corrected chi connectivity index (χ3v) is 3.98. The van der Waals surface area contributed by atoms with Crippen LogP contribution in [0.2, 0.25) is 10.0 Å². The number of benzene rings is 2. The van der Waals surface area contributed by atoms with Crippen LogP contribution in [0, 0.1) is 0 Å². The van der Waals surface area contributed by atoms with Crippen LogP contribution in [0.25, 0.3) is 6.08 Å². The highest BCUT2D eigenvalue weighted by atomic mass is 79.9. The van der Waals surface area contributed by atoms with Gasteiger partial charge in [-0.3, -0.25) is 4.79 Å². The van der Waals surface area contributed by atoms with Gasteiger partial charge in [0.1, 0.15) is 0 Å². The van der Waals surface area contributed by atoms with E-state index in [1.165, 1.54) is 0 Å². The second-order valence-corrected chi connectivity index (χ2v) is 5.57. The zero-order chi connectivity index (χ0) is 14.5. The number of Topliss-reactive ketones (excluding diaryl/α,β-unsaturated/α-hetero) is 1. The van der Waals surface area contributed by atoms with Crippen molar-refractivity contribution in [2.45, 2.75) is 0 Å². The van der Waals surface area contributed by atoms with E-state index in [9.17, 15) is 4.79 Å². The Morgan fingerprint density at radius 1 is 1.05 bits per heavy atom. The molecule has 20 heavy (non-hydrogen) atoms. The molecule has 0 aliphatic heterocycles. The molecule has 0 unspecified atom stereocenters. The predicted molar refractivity (Wildman–Crippen MR) is 89.0 cm³/mol. The summed E-state index contributed by atoms with van der Waals surface area (Å²) in [6, 6.07) is 14.3. The number of alkyl halides is 1. The Hall–Kier alpha value is -1.09. The first-order chi connectivity index (χ1) is 9.61. The van der Waals surface area contributed by atoms with Gasteiger partial charge in [0.05, 0.1) is 0 Å². The van der Waals surface area contributed by atoms with E-state index in [-0.39, 0.29) is 5.78 Å². The molecular formula is C16H11BrCl2O. The van der Waals surface area contributed by atoms with Crippen molar-refractivity contribution in [1.82, 2.24) is 0 Å². The Morgan fingerprint density at radius 3 is 2.30 bits per heavy atom. The van der Waals surface area contributed by atoms with E-state index in [1.54, 1.807) is 36.4 Å². The molecular weight excluding hydrogens is 359 g/mol. The van der Waals surface area contributed by atoms with Crippen LogP contribution in [0.15, 0.2) is 54.1 Å². The second kappa shape index (κ2) is 7.07. The maximum atomic E-state index is 12.4. The summed E-state index contributed by atoms with van der Waals surface area (Å²) < 4.78 is 0.